The third-order valence-electron chi connectivity index (χ3n) is 7.18. The number of benzene rings is 2. The zero-order chi connectivity index (χ0) is 31.0. The molecule has 0 aliphatic heterocycles. The zero-order valence-corrected chi connectivity index (χ0v) is 26.9. The number of ether oxygens (including phenoxy) is 1. The molecule has 1 N–H and O–H groups in total. The van der Waals surface area contributed by atoms with Gasteiger partial charge in [0.05, 0.1) is 6.61 Å². The number of carbonyl (C=O) groups is 2. The van der Waals surface area contributed by atoms with Crippen molar-refractivity contribution in [3.63, 3.8) is 0 Å². The van der Waals surface area contributed by atoms with Gasteiger partial charge in [-0.05, 0) is 60.3 Å². The Kier molecular flexibility index (Phi) is 20.6. The average molecular weight is 577 g/mol. The summed E-state index contributed by atoms with van der Waals surface area (Å²) in [6.07, 6.45) is 17.6. The van der Waals surface area contributed by atoms with Gasteiger partial charge in [0.25, 0.3) is 0 Å². The SMILES string of the molecule is CC(C)CCCC(C)CCC(=Cc1ccccc1)C(=O)O.CC(C)CCCCCCCOC(=O)C=Cc1ccccc1. The topological polar surface area (TPSA) is 63.6 Å². The van der Waals surface area contributed by atoms with Crippen molar-refractivity contribution in [2.75, 3.05) is 6.61 Å². The van der Waals surface area contributed by atoms with Crippen LogP contribution >= 0.6 is 0 Å². The first kappa shape index (κ1) is 36.9. The molecule has 0 amide bonds. The molecule has 0 heterocycles. The third kappa shape index (κ3) is 20.7. The lowest BCUT2D eigenvalue weighted by molar-refractivity contribution is -0.137. The van der Waals surface area contributed by atoms with Crippen molar-refractivity contribution in [3.05, 3.63) is 83.4 Å². The van der Waals surface area contributed by atoms with Crippen molar-refractivity contribution in [1.82, 2.24) is 0 Å². The number of unbranched alkanes of at least 4 members (excludes halogenated alkanes) is 4. The minimum atomic E-state index is -0.798. The van der Waals surface area contributed by atoms with Crippen molar-refractivity contribution >= 4 is 24.1 Å². The minimum absolute atomic E-state index is 0.251. The molecule has 2 aromatic rings. The number of aliphatic carboxylic acids is 1. The first-order valence-corrected chi connectivity index (χ1v) is 16.1. The van der Waals surface area contributed by atoms with Crippen molar-refractivity contribution in [2.45, 2.75) is 105 Å². The Morgan fingerprint density at radius 1 is 0.690 bits per heavy atom. The molecule has 0 aromatic heterocycles. The molecule has 0 bridgehead atoms. The highest BCUT2D eigenvalue weighted by Gasteiger charge is 2.10. The third-order valence-corrected chi connectivity index (χ3v) is 7.18. The molecule has 42 heavy (non-hydrogen) atoms. The standard InChI is InChI=1S/2C19H28O2/c1-15(2)8-7-9-16(3)12-13-18(19(20)21)14-17-10-5-4-6-11-17;1-17(2)11-7-4-3-5-10-16-21-19(20)15-14-18-12-8-6-9-13-18/h4-6,10-11,14-16H,7-9,12-13H2,1-3H3,(H,20,21);6,8-9,12-15,17H,3-5,7,10-11,16H2,1-2H3. The van der Waals surface area contributed by atoms with Crippen LogP contribution in [0.3, 0.4) is 0 Å². The van der Waals surface area contributed by atoms with Gasteiger partial charge in [0.2, 0.25) is 0 Å². The van der Waals surface area contributed by atoms with Crippen LogP contribution in [0.25, 0.3) is 12.2 Å². The fourth-order valence-corrected chi connectivity index (χ4v) is 4.55. The molecule has 0 spiro atoms. The fourth-order valence-electron chi connectivity index (χ4n) is 4.55. The van der Waals surface area contributed by atoms with Crippen LogP contribution in [0, 0.1) is 17.8 Å². The number of hydrogen-bond acceptors (Lipinski definition) is 3. The summed E-state index contributed by atoms with van der Waals surface area (Å²) in [6.45, 7) is 11.8. The number of carboxylic acid groups (broad SMARTS) is 1. The molecular formula is C38H56O4. The Hall–Kier alpha value is -3.14. The van der Waals surface area contributed by atoms with Gasteiger partial charge in [-0.25, -0.2) is 9.59 Å². The Balaban J connectivity index is 0.000000420. The summed E-state index contributed by atoms with van der Waals surface area (Å²) in [5.41, 5.74) is 2.49. The maximum atomic E-state index is 11.5. The number of esters is 1. The van der Waals surface area contributed by atoms with Crippen molar-refractivity contribution in [1.29, 1.82) is 0 Å². The average Bonchev–Trinajstić information content (AvgIpc) is 2.96. The van der Waals surface area contributed by atoms with E-state index < -0.39 is 5.97 Å². The molecule has 1 atom stereocenters. The normalized spacial score (nSPS) is 12.3. The fraction of sp³-hybridized carbons (Fsp3) is 0.526. The van der Waals surface area contributed by atoms with Gasteiger partial charge < -0.3 is 9.84 Å². The molecule has 2 aromatic carbocycles. The highest BCUT2D eigenvalue weighted by Crippen LogP contribution is 2.21. The summed E-state index contributed by atoms with van der Waals surface area (Å²) in [5.74, 6) is 1.10. The maximum Gasteiger partial charge on any atom is 0.331 e. The molecule has 0 aliphatic carbocycles. The van der Waals surface area contributed by atoms with E-state index in [4.69, 9.17) is 4.74 Å². The quantitative estimate of drug-likeness (QED) is 0.103. The van der Waals surface area contributed by atoms with Gasteiger partial charge in [-0.2, -0.15) is 0 Å². The second kappa shape index (κ2) is 23.4. The van der Waals surface area contributed by atoms with E-state index in [0.717, 1.165) is 42.2 Å². The summed E-state index contributed by atoms with van der Waals surface area (Å²) in [5, 5.41) is 9.33. The zero-order valence-electron chi connectivity index (χ0n) is 26.9. The molecule has 2 rings (SSSR count). The van der Waals surface area contributed by atoms with Crippen LogP contribution in [0.5, 0.6) is 0 Å². The minimum Gasteiger partial charge on any atom is -0.478 e. The molecule has 0 aliphatic rings. The van der Waals surface area contributed by atoms with E-state index in [0.29, 0.717) is 24.5 Å². The van der Waals surface area contributed by atoms with E-state index in [9.17, 15) is 14.7 Å². The number of hydrogen-bond donors (Lipinski definition) is 1. The van der Waals surface area contributed by atoms with Crippen molar-refractivity contribution in [2.24, 2.45) is 17.8 Å². The van der Waals surface area contributed by atoms with Crippen LogP contribution in [-0.4, -0.2) is 23.7 Å². The molecular weight excluding hydrogens is 520 g/mol. The van der Waals surface area contributed by atoms with Crippen LogP contribution < -0.4 is 0 Å². The summed E-state index contributed by atoms with van der Waals surface area (Å²) < 4.78 is 5.18. The van der Waals surface area contributed by atoms with Crippen molar-refractivity contribution < 1.29 is 19.4 Å². The van der Waals surface area contributed by atoms with Gasteiger partial charge in [0.1, 0.15) is 0 Å². The van der Waals surface area contributed by atoms with Gasteiger partial charge in [-0.15, -0.1) is 0 Å². The molecule has 1 unspecified atom stereocenters. The number of rotatable bonds is 19. The van der Waals surface area contributed by atoms with Crippen LogP contribution in [-0.2, 0) is 14.3 Å². The lowest BCUT2D eigenvalue weighted by Crippen LogP contribution is -2.04. The van der Waals surface area contributed by atoms with Gasteiger partial charge >= 0.3 is 11.9 Å². The monoisotopic (exact) mass is 576 g/mol. The Bertz CT molecular complexity index is 1020. The summed E-state index contributed by atoms with van der Waals surface area (Å²) in [7, 11) is 0. The maximum absolute atomic E-state index is 11.5. The molecule has 0 radical (unpaired) electrons. The highest BCUT2D eigenvalue weighted by molar-refractivity contribution is 5.92. The number of carbonyl (C=O) groups excluding carboxylic acids is 1. The molecule has 4 heteroatoms. The lowest BCUT2D eigenvalue weighted by Gasteiger charge is -2.12. The van der Waals surface area contributed by atoms with Gasteiger partial charge in [0, 0.05) is 11.6 Å². The Morgan fingerprint density at radius 2 is 1.24 bits per heavy atom. The van der Waals surface area contributed by atoms with Crippen LogP contribution in [0.4, 0.5) is 0 Å². The molecule has 232 valence electrons. The largest absolute Gasteiger partial charge is 0.478 e. The second-order valence-corrected chi connectivity index (χ2v) is 12.2. The van der Waals surface area contributed by atoms with Crippen LogP contribution in [0.2, 0.25) is 0 Å². The van der Waals surface area contributed by atoms with E-state index in [2.05, 4.69) is 34.6 Å². The predicted molar refractivity (Wildman–Crippen MR) is 178 cm³/mol. The summed E-state index contributed by atoms with van der Waals surface area (Å²) >= 11 is 0. The van der Waals surface area contributed by atoms with E-state index in [1.807, 2.05) is 60.7 Å². The number of carboxylic acids is 1. The van der Waals surface area contributed by atoms with E-state index >= 15 is 0 Å². The van der Waals surface area contributed by atoms with Crippen molar-refractivity contribution in [3.8, 4) is 0 Å². The lowest BCUT2D eigenvalue weighted by atomic mass is 9.94. The predicted octanol–water partition coefficient (Wildman–Crippen LogP) is 10.6. The molecule has 0 saturated carbocycles. The highest BCUT2D eigenvalue weighted by atomic mass is 16.5. The van der Waals surface area contributed by atoms with E-state index in [1.54, 1.807) is 12.2 Å². The first-order chi connectivity index (χ1) is 20.2. The van der Waals surface area contributed by atoms with E-state index in [1.165, 1.54) is 51.0 Å². The Labute approximate surface area is 256 Å². The Morgan fingerprint density at radius 3 is 1.83 bits per heavy atom. The smallest absolute Gasteiger partial charge is 0.331 e. The summed E-state index contributed by atoms with van der Waals surface area (Å²) in [6, 6.07) is 19.4. The van der Waals surface area contributed by atoms with E-state index in [-0.39, 0.29) is 5.97 Å². The molecule has 0 fully saturated rings. The first-order valence-electron chi connectivity index (χ1n) is 16.1. The summed E-state index contributed by atoms with van der Waals surface area (Å²) in [4.78, 5) is 22.9. The van der Waals surface area contributed by atoms with Crippen LogP contribution in [0.1, 0.15) is 116 Å². The second-order valence-electron chi connectivity index (χ2n) is 12.2. The van der Waals surface area contributed by atoms with Gasteiger partial charge in [-0.1, -0.05) is 147 Å². The van der Waals surface area contributed by atoms with Crippen LogP contribution in [0.15, 0.2) is 72.3 Å². The molecule has 4 nitrogen and oxygen atoms in total. The van der Waals surface area contributed by atoms with Gasteiger partial charge in [-0.3, -0.25) is 0 Å². The van der Waals surface area contributed by atoms with Gasteiger partial charge in [0.15, 0.2) is 0 Å². The molecule has 0 saturated heterocycles.